The molecule has 0 aliphatic rings. The van der Waals surface area contributed by atoms with Gasteiger partial charge >= 0.3 is 0 Å². The minimum atomic E-state index is -0.0189. The van der Waals surface area contributed by atoms with Crippen LogP contribution in [0.4, 0.5) is 0 Å². The van der Waals surface area contributed by atoms with E-state index in [4.69, 9.17) is 9.40 Å². The highest BCUT2D eigenvalue weighted by atomic mass is 16.3. The van der Waals surface area contributed by atoms with Crippen molar-refractivity contribution in [3.63, 3.8) is 0 Å². The standard InChI is InChI=1S/C27H23N3O2/c31-26(28-18-23-12-7-17-32-23)16-14-24-27(21-10-5-2-6-11-21)29-25-15-13-22(19-30(24)25)20-8-3-1-4-9-20/h1-13,15,17,19H,14,16,18H2,(H,28,31). The number of benzene rings is 2. The lowest BCUT2D eigenvalue weighted by molar-refractivity contribution is -0.121. The lowest BCUT2D eigenvalue weighted by atomic mass is 10.1. The molecule has 0 saturated heterocycles. The smallest absolute Gasteiger partial charge is 0.220 e. The molecule has 1 N–H and O–H groups in total. The van der Waals surface area contributed by atoms with E-state index in [1.54, 1.807) is 6.26 Å². The highest BCUT2D eigenvalue weighted by molar-refractivity contribution is 5.77. The summed E-state index contributed by atoms with van der Waals surface area (Å²) in [5.41, 5.74) is 6.11. The van der Waals surface area contributed by atoms with Gasteiger partial charge in [0.1, 0.15) is 11.4 Å². The fourth-order valence-electron chi connectivity index (χ4n) is 3.88. The maximum atomic E-state index is 12.5. The quantitative estimate of drug-likeness (QED) is 0.377. The van der Waals surface area contributed by atoms with E-state index in [1.807, 2.05) is 54.6 Å². The normalized spacial score (nSPS) is 11.0. The SMILES string of the molecule is O=C(CCc1c(-c2ccccc2)nc2ccc(-c3ccccc3)cn12)NCc1ccco1. The van der Waals surface area contributed by atoms with E-state index in [-0.39, 0.29) is 5.91 Å². The summed E-state index contributed by atoms with van der Waals surface area (Å²) in [4.78, 5) is 17.4. The van der Waals surface area contributed by atoms with E-state index in [9.17, 15) is 4.79 Å². The lowest BCUT2D eigenvalue weighted by Crippen LogP contribution is -2.23. The predicted octanol–water partition coefficient (Wildman–Crippen LogP) is 5.51. The Labute approximate surface area is 186 Å². The van der Waals surface area contributed by atoms with Crippen LogP contribution in [0.5, 0.6) is 0 Å². The fourth-order valence-corrected chi connectivity index (χ4v) is 3.88. The Morgan fingerprint density at radius 3 is 2.31 bits per heavy atom. The Bertz CT molecular complexity index is 1320. The van der Waals surface area contributed by atoms with Crippen LogP contribution in [0.1, 0.15) is 17.9 Å². The number of hydrogen-bond acceptors (Lipinski definition) is 3. The molecule has 0 bridgehead atoms. The van der Waals surface area contributed by atoms with Crippen LogP contribution < -0.4 is 5.32 Å². The van der Waals surface area contributed by atoms with Gasteiger partial charge in [-0.2, -0.15) is 0 Å². The third kappa shape index (κ3) is 4.18. The number of imidazole rings is 1. The van der Waals surface area contributed by atoms with E-state index in [0.29, 0.717) is 19.4 Å². The van der Waals surface area contributed by atoms with E-state index >= 15 is 0 Å². The number of rotatable bonds is 7. The van der Waals surface area contributed by atoms with Crippen molar-refractivity contribution < 1.29 is 9.21 Å². The van der Waals surface area contributed by atoms with E-state index in [2.05, 4.69) is 46.2 Å². The van der Waals surface area contributed by atoms with Crippen LogP contribution in [0.3, 0.4) is 0 Å². The predicted molar refractivity (Wildman–Crippen MR) is 125 cm³/mol. The van der Waals surface area contributed by atoms with Gasteiger partial charge < -0.3 is 14.1 Å². The first-order valence-corrected chi connectivity index (χ1v) is 10.7. The second kappa shape index (κ2) is 8.94. The van der Waals surface area contributed by atoms with E-state index < -0.39 is 0 Å². The second-order valence-electron chi connectivity index (χ2n) is 7.64. The molecule has 0 fully saturated rings. The minimum Gasteiger partial charge on any atom is -0.467 e. The van der Waals surface area contributed by atoms with Gasteiger partial charge in [-0.15, -0.1) is 0 Å². The van der Waals surface area contributed by atoms with Gasteiger partial charge in [0.05, 0.1) is 24.2 Å². The summed E-state index contributed by atoms with van der Waals surface area (Å²) in [5, 5.41) is 2.93. The third-order valence-electron chi connectivity index (χ3n) is 5.50. The number of aryl methyl sites for hydroxylation is 1. The molecule has 158 valence electrons. The summed E-state index contributed by atoms with van der Waals surface area (Å²) in [5.74, 6) is 0.722. The molecule has 0 aliphatic heterocycles. The molecule has 5 aromatic rings. The molecule has 0 spiro atoms. The fraction of sp³-hybridized carbons (Fsp3) is 0.111. The first kappa shape index (κ1) is 19.8. The summed E-state index contributed by atoms with van der Waals surface area (Å²) in [6, 6.07) is 28.2. The molecule has 5 nitrogen and oxygen atoms in total. The molecule has 32 heavy (non-hydrogen) atoms. The van der Waals surface area contributed by atoms with Crippen molar-refractivity contribution in [2.24, 2.45) is 0 Å². The van der Waals surface area contributed by atoms with Gasteiger partial charge in [0.25, 0.3) is 0 Å². The summed E-state index contributed by atoms with van der Waals surface area (Å²) in [6.45, 7) is 0.392. The first-order chi connectivity index (χ1) is 15.8. The van der Waals surface area contributed by atoms with Gasteiger partial charge in [-0.05, 0) is 41.8 Å². The number of nitrogens with zero attached hydrogens (tertiary/aromatic N) is 2. The molecular formula is C27H23N3O2. The van der Waals surface area contributed by atoms with Crippen molar-refractivity contribution in [1.82, 2.24) is 14.7 Å². The van der Waals surface area contributed by atoms with Crippen molar-refractivity contribution in [3.8, 4) is 22.4 Å². The highest BCUT2D eigenvalue weighted by Crippen LogP contribution is 2.28. The molecule has 1 amide bonds. The molecule has 0 saturated carbocycles. The maximum Gasteiger partial charge on any atom is 0.220 e. The molecule has 3 heterocycles. The third-order valence-corrected chi connectivity index (χ3v) is 5.50. The molecule has 2 aromatic carbocycles. The molecule has 0 radical (unpaired) electrons. The Morgan fingerprint density at radius 1 is 0.844 bits per heavy atom. The molecule has 3 aromatic heterocycles. The van der Waals surface area contributed by atoms with Gasteiger partial charge in [-0.1, -0.05) is 60.7 Å². The van der Waals surface area contributed by atoms with Crippen LogP contribution in [0.25, 0.3) is 28.0 Å². The zero-order valence-corrected chi connectivity index (χ0v) is 17.6. The van der Waals surface area contributed by atoms with E-state index in [1.165, 1.54) is 0 Å². The number of nitrogens with one attached hydrogen (secondary N) is 1. The van der Waals surface area contributed by atoms with Gasteiger partial charge in [0, 0.05) is 18.2 Å². The monoisotopic (exact) mass is 421 g/mol. The number of furan rings is 1. The van der Waals surface area contributed by atoms with Gasteiger partial charge in [-0.25, -0.2) is 4.98 Å². The number of carbonyl (C=O) groups is 1. The van der Waals surface area contributed by atoms with Crippen molar-refractivity contribution in [1.29, 1.82) is 0 Å². The average molecular weight is 422 g/mol. The average Bonchev–Trinajstić information content (AvgIpc) is 3.50. The largest absolute Gasteiger partial charge is 0.467 e. The summed E-state index contributed by atoms with van der Waals surface area (Å²) in [6.07, 6.45) is 4.66. The molecule has 0 unspecified atom stereocenters. The van der Waals surface area contributed by atoms with Gasteiger partial charge in [-0.3, -0.25) is 4.79 Å². The van der Waals surface area contributed by atoms with Crippen molar-refractivity contribution in [2.75, 3.05) is 0 Å². The molecule has 5 rings (SSSR count). The molecular weight excluding hydrogens is 398 g/mol. The Kier molecular flexibility index (Phi) is 5.54. The van der Waals surface area contributed by atoms with Gasteiger partial charge in [0.15, 0.2) is 0 Å². The number of pyridine rings is 1. The summed E-state index contributed by atoms with van der Waals surface area (Å²) >= 11 is 0. The number of amides is 1. The number of carbonyl (C=O) groups excluding carboxylic acids is 1. The van der Waals surface area contributed by atoms with Crippen LogP contribution in [-0.4, -0.2) is 15.3 Å². The Morgan fingerprint density at radius 2 is 1.59 bits per heavy atom. The lowest BCUT2D eigenvalue weighted by Gasteiger charge is -2.08. The van der Waals surface area contributed by atoms with Crippen molar-refractivity contribution >= 4 is 11.6 Å². The van der Waals surface area contributed by atoms with Crippen LogP contribution in [0, 0.1) is 0 Å². The number of fused-ring (bicyclic) bond motifs is 1. The first-order valence-electron chi connectivity index (χ1n) is 10.7. The Balaban J connectivity index is 1.47. The topological polar surface area (TPSA) is 59.5 Å². The number of aromatic nitrogens is 2. The second-order valence-corrected chi connectivity index (χ2v) is 7.64. The van der Waals surface area contributed by atoms with Crippen LogP contribution in [0.15, 0.2) is 102 Å². The maximum absolute atomic E-state index is 12.5. The molecule has 0 aliphatic carbocycles. The zero-order valence-electron chi connectivity index (χ0n) is 17.6. The van der Waals surface area contributed by atoms with Crippen LogP contribution in [0.2, 0.25) is 0 Å². The van der Waals surface area contributed by atoms with Crippen molar-refractivity contribution in [2.45, 2.75) is 19.4 Å². The number of hydrogen-bond donors (Lipinski definition) is 1. The molecule has 0 atom stereocenters. The van der Waals surface area contributed by atoms with Gasteiger partial charge in [0.2, 0.25) is 5.91 Å². The molecule has 5 heteroatoms. The van der Waals surface area contributed by atoms with Crippen LogP contribution in [-0.2, 0) is 17.8 Å². The van der Waals surface area contributed by atoms with E-state index in [0.717, 1.165) is 39.5 Å². The summed E-state index contributed by atoms with van der Waals surface area (Å²) < 4.78 is 7.41. The zero-order chi connectivity index (χ0) is 21.8. The summed E-state index contributed by atoms with van der Waals surface area (Å²) in [7, 11) is 0. The minimum absolute atomic E-state index is 0.0189. The Hall–Kier alpha value is -4.12. The highest BCUT2D eigenvalue weighted by Gasteiger charge is 2.16. The van der Waals surface area contributed by atoms with Crippen molar-refractivity contribution in [3.05, 3.63) is 109 Å². The van der Waals surface area contributed by atoms with Crippen LogP contribution >= 0.6 is 0 Å².